The fraction of sp³-hybridized carbons (Fsp3) is 0.167. The van der Waals surface area contributed by atoms with Gasteiger partial charge in [-0.15, -0.1) is 0 Å². The van der Waals surface area contributed by atoms with E-state index >= 15 is 0 Å². The van der Waals surface area contributed by atoms with E-state index < -0.39 is 5.91 Å². The summed E-state index contributed by atoms with van der Waals surface area (Å²) < 4.78 is 5.10. The lowest BCUT2D eigenvalue weighted by Crippen LogP contribution is -2.34. The van der Waals surface area contributed by atoms with Gasteiger partial charge < -0.3 is 10.1 Å². The van der Waals surface area contributed by atoms with Crippen LogP contribution in [0.15, 0.2) is 53.6 Å². The van der Waals surface area contributed by atoms with Crippen LogP contribution in [0.3, 0.4) is 0 Å². The highest BCUT2D eigenvalue weighted by Crippen LogP contribution is 2.10. The van der Waals surface area contributed by atoms with E-state index in [9.17, 15) is 9.59 Å². The van der Waals surface area contributed by atoms with E-state index in [0.29, 0.717) is 11.3 Å². The van der Waals surface area contributed by atoms with E-state index in [-0.39, 0.29) is 12.5 Å². The Morgan fingerprint density at radius 2 is 1.92 bits per heavy atom. The van der Waals surface area contributed by atoms with E-state index in [0.717, 1.165) is 11.1 Å². The Kier molecular flexibility index (Phi) is 6.08. The Balaban J connectivity index is 1.79. The molecule has 0 bridgehead atoms. The van der Waals surface area contributed by atoms with Crippen molar-refractivity contribution >= 4 is 18.0 Å². The van der Waals surface area contributed by atoms with Gasteiger partial charge in [0.25, 0.3) is 11.8 Å². The molecule has 6 heteroatoms. The van der Waals surface area contributed by atoms with Gasteiger partial charge in [-0.25, -0.2) is 5.43 Å². The number of amides is 2. The molecule has 0 heterocycles. The molecule has 2 N–H and O–H groups in total. The first-order chi connectivity index (χ1) is 11.6. The summed E-state index contributed by atoms with van der Waals surface area (Å²) in [5.41, 5.74) is 4.72. The zero-order valence-corrected chi connectivity index (χ0v) is 13.6. The standard InChI is InChI=1S/C18H19N3O3/c1-13-6-8-15(9-7-13)18(23)19-12-17(22)21-20-11-14-4-3-5-16(10-14)24-2/h3-11H,12H2,1-2H3,(H,19,23)(H,21,22)/b20-11+. The molecule has 2 aromatic carbocycles. The van der Waals surface area contributed by atoms with Crippen molar-refractivity contribution in [3.05, 3.63) is 65.2 Å². The Morgan fingerprint density at radius 3 is 2.62 bits per heavy atom. The smallest absolute Gasteiger partial charge is 0.259 e. The quantitative estimate of drug-likeness (QED) is 0.629. The van der Waals surface area contributed by atoms with Crippen LogP contribution in [-0.4, -0.2) is 31.7 Å². The second kappa shape index (κ2) is 8.47. The highest BCUT2D eigenvalue weighted by atomic mass is 16.5. The Bertz CT molecular complexity index is 739. The van der Waals surface area contributed by atoms with Crippen molar-refractivity contribution in [3.63, 3.8) is 0 Å². The number of nitrogens with zero attached hydrogens (tertiary/aromatic N) is 1. The number of hydrogen-bond donors (Lipinski definition) is 2. The maximum absolute atomic E-state index is 11.9. The average molecular weight is 325 g/mol. The topological polar surface area (TPSA) is 79.8 Å². The number of carbonyl (C=O) groups excluding carboxylic acids is 2. The lowest BCUT2D eigenvalue weighted by molar-refractivity contribution is -0.120. The molecule has 0 saturated heterocycles. The van der Waals surface area contributed by atoms with E-state index in [4.69, 9.17) is 4.74 Å². The van der Waals surface area contributed by atoms with Crippen LogP contribution in [0.2, 0.25) is 0 Å². The number of carbonyl (C=O) groups is 2. The highest BCUT2D eigenvalue weighted by Gasteiger charge is 2.07. The Hall–Kier alpha value is -3.15. The number of ether oxygens (including phenoxy) is 1. The number of aryl methyl sites for hydroxylation is 1. The number of benzene rings is 2. The van der Waals surface area contributed by atoms with Crippen LogP contribution >= 0.6 is 0 Å². The first kappa shape index (κ1) is 17.2. The molecular weight excluding hydrogens is 306 g/mol. The van der Waals surface area contributed by atoms with Gasteiger partial charge in [0.15, 0.2) is 0 Å². The van der Waals surface area contributed by atoms with Crippen LogP contribution in [0, 0.1) is 6.92 Å². The molecule has 2 amide bonds. The minimum Gasteiger partial charge on any atom is -0.497 e. The van der Waals surface area contributed by atoms with Crippen LogP contribution in [0.4, 0.5) is 0 Å². The molecule has 0 spiro atoms. The van der Waals surface area contributed by atoms with Crippen LogP contribution in [0.1, 0.15) is 21.5 Å². The number of nitrogens with one attached hydrogen (secondary N) is 2. The molecule has 0 unspecified atom stereocenters. The summed E-state index contributed by atoms with van der Waals surface area (Å²) in [6.07, 6.45) is 1.50. The number of methoxy groups -OCH3 is 1. The molecule has 0 saturated carbocycles. The normalized spacial score (nSPS) is 10.4. The third-order valence-corrected chi connectivity index (χ3v) is 3.22. The third-order valence-electron chi connectivity index (χ3n) is 3.22. The monoisotopic (exact) mass is 325 g/mol. The lowest BCUT2D eigenvalue weighted by atomic mass is 10.1. The van der Waals surface area contributed by atoms with Gasteiger partial charge in [0, 0.05) is 5.56 Å². The van der Waals surface area contributed by atoms with Crippen LogP contribution in [0.5, 0.6) is 5.75 Å². The molecule has 0 aliphatic heterocycles. The van der Waals surface area contributed by atoms with E-state index in [1.165, 1.54) is 6.21 Å². The van der Waals surface area contributed by atoms with Crippen molar-refractivity contribution < 1.29 is 14.3 Å². The second-order valence-corrected chi connectivity index (χ2v) is 5.12. The van der Waals surface area contributed by atoms with Crippen LogP contribution < -0.4 is 15.5 Å². The van der Waals surface area contributed by atoms with Gasteiger partial charge in [0.05, 0.1) is 19.9 Å². The predicted molar refractivity (Wildman–Crippen MR) is 92.2 cm³/mol. The number of hydrogen-bond acceptors (Lipinski definition) is 4. The highest BCUT2D eigenvalue weighted by molar-refractivity contribution is 5.96. The van der Waals surface area contributed by atoms with Gasteiger partial charge in [-0.1, -0.05) is 29.8 Å². The predicted octanol–water partition coefficient (Wildman–Crippen LogP) is 1.88. The molecular formula is C18H19N3O3. The summed E-state index contributed by atoms with van der Waals surface area (Å²) in [6, 6.07) is 14.4. The van der Waals surface area contributed by atoms with Gasteiger partial charge in [-0.3, -0.25) is 9.59 Å². The van der Waals surface area contributed by atoms with Crippen molar-refractivity contribution in [1.29, 1.82) is 0 Å². The molecule has 124 valence electrons. The number of rotatable bonds is 6. The largest absolute Gasteiger partial charge is 0.497 e. The van der Waals surface area contributed by atoms with Crippen LogP contribution in [-0.2, 0) is 4.79 Å². The molecule has 0 fully saturated rings. The minimum absolute atomic E-state index is 0.151. The average Bonchev–Trinajstić information content (AvgIpc) is 2.60. The Morgan fingerprint density at radius 1 is 1.17 bits per heavy atom. The SMILES string of the molecule is COc1cccc(/C=N/NC(=O)CNC(=O)c2ccc(C)cc2)c1. The molecule has 0 aromatic heterocycles. The van der Waals surface area contributed by atoms with Gasteiger partial charge in [-0.05, 0) is 36.8 Å². The summed E-state index contributed by atoms with van der Waals surface area (Å²) in [6.45, 7) is 1.79. The first-order valence-electron chi connectivity index (χ1n) is 7.39. The maximum atomic E-state index is 11.9. The van der Waals surface area contributed by atoms with Crippen LogP contribution in [0.25, 0.3) is 0 Å². The van der Waals surface area contributed by atoms with E-state index in [2.05, 4.69) is 15.8 Å². The summed E-state index contributed by atoms with van der Waals surface area (Å²) in [7, 11) is 1.58. The summed E-state index contributed by atoms with van der Waals surface area (Å²) in [5, 5.41) is 6.39. The van der Waals surface area contributed by atoms with Crippen molar-refractivity contribution in [1.82, 2.24) is 10.7 Å². The van der Waals surface area contributed by atoms with Crippen molar-refractivity contribution in [2.75, 3.05) is 13.7 Å². The zero-order valence-electron chi connectivity index (χ0n) is 13.6. The maximum Gasteiger partial charge on any atom is 0.259 e. The molecule has 0 aliphatic carbocycles. The minimum atomic E-state index is -0.408. The first-order valence-corrected chi connectivity index (χ1v) is 7.39. The van der Waals surface area contributed by atoms with Gasteiger partial charge in [0.1, 0.15) is 5.75 Å². The van der Waals surface area contributed by atoms with Crippen molar-refractivity contribution in [2.24, 2.45) is 5.10 Å². The zero-order chi connectivity index (χ0) is 17.4. The molecule has 6 nitrogen and oxygen atoms in total. The Labute approximate surface area is 140 Å². The number of hydrazone groups is 1. The third kappa shape index (κ3) is 5.24. The van der Waals surface area contributed by atoms with Crippen molar-refractivity contribution in [3.8, 4) is 5.75 Å². The summed E-state index contributed by atoms with van der Waals surface area (Å²) >= 11 is 0. The fourth-order valence-corrected chi connectivity index (χ4v) is 1.91. The molecule has 2 aromatic rings. The summed E-state index contributed by atoms with van der Waals surface area (Å²) in [5.74, 6) is -0.00725. The molecule has 0 aliphatic rings. The van der Waals surface area contributed by atoms with Gasteiger partial charge in [0.2, 0.25) is 0 Å². The molecule has 24 heavy (non-hydrogen) atoms. The second-order valence-electron chi connectivity index (χ2n) is 5.12. The molecule has 2 rings (SSSR count). The summed E-state index contributed by atoms with van der Waals surface area (Å²) in [4.78, 5) is 23.6. The fourth-order valence-electron chi connectivity index (χ4n) is 1.91. The molecule has 0 atom stereocenters. The van der Waals surface area contributed by atoms with Crippen molar-refractivity contribution in [2.45, 2.75) is 6.92 Å². The lowest BCUT2D eigenvalue weighted by Gasteiger charge is -2.04. The molecule has 0 radical (unpaired) electrons. The van der Waals surface area contributed by atoms with E-state index in [1.54, 1.807) is 25.3 Å². The van der Waals surface area contributed by atoms with Gasteiger partial charge >= 0.3 is 0 Å². The van der Waals surface area contributed by atoms with Gasteiger partial charge in [-0.2, -0.15) is 5.10 Å². The van der Waals surface area contributed by atoms with E-state index in [1.807, 2.05) is 37.3 Å².